The number of aromatic hydroxyl groups is 2. The first-order valence-electron chi connectivity index (χ1n) is 6.30. The molecule has 2 nitrogen and oxygen atoms in total. The number of hydrogen-bond donors (Lipinski definition) is 2. The van der Waals surface area contributed by atoms with Crippen LogP contribution in [0.5, 0.6) is 11.5 Å². The van der Waals surface area contributed by atoms with Gasteiger partial charge in [-0.15, -0.1) is 0 Å². The van der Waals surface area contributed by atoms with E-state index >= 15 is 0 Å². The lowest BCUT2D eigenvalue weighted by Gasteiger charge is -2.13. The summed E-state index contributed by atoms with van der Waals surface area (Å²) >= 11 is 0. The van der Waals surface area contributed by atoms with E-state index < -0.39 is 0 Å². The second-order valence-electron chi connectivity index (χ2n) is 4.35. The van der Waals surface area contributed by atoms with Gasteiger partial charge in [0.15, 0.2) is 0 Å². The van der Waals surface area contributed by atoms with Crippen molar-refractivity contribution in [3.8, 4) is 22.6 Å². The molecule has 0 fully saturated rings. The highest BCUT2D eigenvalue weighted by Gasteiger charge is 2.11. The van der Waals surface area contributed by atoms with Gasteiger partial charge in [0.1, 0.15) is 11.5 Å². The molecule has 0 saturated heterocycles. The van der Waals surface area contributed by atoms with Crippen LogP contribution >= 0.6 is 0 Å². The summed E-state index contributed by atoms with van der Waals surface area (Å²) in [5.74, 6) is 0.599. The minimum Gasteiger partial charge on any atom is -0.508 e. The van der Waals surface area contributed by atoms with E-state index in [1.54, 1.807) is 12.1 Å². The Balaban J connectivity index is 2.55. The van der Waals surface area contributed by atoms with E-state index in [1.165, 1.54) is 5.56 Å². The van der Waals surface area contributed by atoms with Crippen LogP contribution in [0.4, 0.5) is 0 Å². The molecule has 2 N–H and O–H groups in total. The van der Waals surface area contributed by atoms with Gasteiger partial charge in [0.2, 0.25) is 0 Å². The lowest BCUT2D eigenvalue weighted by molar-refractivity contribution is 0.469. The zero-order chi connectivity index (χ0) is 13.1. The number of phenolic OH excluding ortho intramolecular Hbond substituents is 2. The molecule has 2 rings (SSSR count). The molecule has 0 spiro atoms. The second-order valence-corrected chi connectivity index (χ2v) is 4.35. The molecule has 2 aromatic carbocycles. The minimum atomic E-state index is 0.235. The Kier molecular flexibility index (Phi) is 3.56. The molecule has 0 aromatic heterocycles. The van der Waals surface area contributed by atoms with Gasteiger partial charge in [-0.25, -0.2) is 0 Å². The summed E-state index contributed by atoms with van der Waals surface area (Å²) in [6, 6.07) is 10.9. The number of aryl methyl sites for hydroxylation is 1. The molecule has 18 heavy (non-hydrogen) atoms. The lowest BCUT2D eigenvalue weighted by Crippen LogP contribution is -1.93. The van der Waals surface area contributed by atoms with Crippen molar-refractivity contribution in [3.63, 3.8) is 0 Å². The number of hydrogen-bond acceptors (Lipinski definition) is 2. The molecular weight excluding hydrogens is 224 g/mol. The Labute approximate surface area is 108 Å². The molecule has 0 unspecified atom stereocenters. The molecule has 94 valence electrons. The molecule has 0 saturated carbocycles. The molecule has 0 aliphatic heterocycles. The smallest absolute Gasteiger partial charge is 0.126 e. The van der Waals surface area contributed by atoms with Crippen molar-refractivity contribution in [2.24, 2.45) is 0 Å². The normalized spacial score (nSPS) is 10.6. The zero-order valence-corrected chi connectivity index (χ0v) is 10.8. The number of rotatable bonds is 3. The van der Waals surface area contributed by atoms with Crippen molar-refractivity contribution >= 4 is 0 Å². The first-order chi connectivity index (χ1) is 8.67. The summed E-state index contributed by atoms with van der Waals surface area (Å²) < 4.78 is 0. The van der Waals surface area contributed by atoms with Crippen LogP contribution in [0.2, 0.25) is 0 Å². The van der Waals surface area contributed by atoms with Crippen molar-refractivity contribution in [2.45, 2.75) is 26.7 Å². The van der Waals surface area contributed by atoms with Crippen molar-refractivity contribution in [3.05, 3.63) is 47.5 Å². The van der Waals surface area contributed by atoms with Gasteiger partial charge < -0.3 is 10.2 Å². The number of benzene rings is 2. The fraction of sp³-hybridized carbons (Fsp3) is 0.250. The summed E-state index contributed by atoms with van der Waals surface area (Å²) in [6.07, 6.45) is 1.74. The third-order valence-electron chi connectivity index (χ3n) is 3.29. The molecular formula is C16H18O2. The second kappa shape index (κ2) is 5.13. The average molecular weight is 242 g/mol. The van der Waals surface area contributed by atoms with Gasteiger partial charge in [-0.2, -0.15) is 0 Å². The van der Waals surface area contributed by atoms with Crippen LogP contribution in [-0.2, 0) is 12.8 Å². The predicted octanol–water partition coefficient (Wildman–Crippen LogP) is 3.89. The Morgan fingerprint density at radius 2 is 1.50 bits per heavy atom. The maximum atomic E-state index is 10.4. The Morgan fingerprint density at radius 3 is 2.06 bits per heavy atom. The summed E-state index contributed by atoms with van der Waals surface area (Å²) in [6.45, 7) is 4.14. The molecule has 2 heteroatoms. The average Bonchev–Trinajstić information content (AvgIpc) is 2.39. The third-order valence-corrected chi connectivity index (χ3v) is 3.29. The van der Waals surface area contributed by atoms with E-state index in [2.05, 4.69) is 19.9 Å². The molecule has 0 aliphatic rings. The predicted molar refractivity (Wildman–Crippen MR) is 74.0 cm³/mol. The van der Waals surface area contributed by atoms with Gasteiger partial charge in [-0.3, -0.25) is 0 Å². The summed E-state index contributed by atoms with van der Waals surface area (Å²) in [4.78, 5) is 0. The van der Waals surface area contributed by atoms with E-state index in [1.807, 2.05) is 18.2 Å². The molecule has 0 amide bonds. The molecule has 0 heterocycles. The molecule has 0 atom stereocenters. The summed E-state index contributed by atoms with van der Waals surface area (Å²) in [7, 11) is 0. The molecule has 0 bridgehead atoms. The van der Waals surface area contributed by atoms with Gasteiger partial charge in [0.05, 0.1) is 0 Å². The zero-order valence-electron chi connectivity index (χ0n) is 10.8. The third kappa shape index (κ3) is 2.19. The van der Waals surface area contributed by atoms with Crippen LogP contribution in [0.3, 0.4) is 0 Å². The van der Waals surface area contributed by atoms with E-state index in [0.29, 0.717) is 5.75 Å². The first kappa shape index (κ1) is 12.5. The Bertz CT molecular complexity index is 542. The van der Waals surface area contributed by atoms with Gasteiger partial charge in [-0.05, 0) is 41.7 Å². The highest BCUT2D eigenvalue weighted by Crippen LogP contribution is 2.35. The van der Waals surface area contributed by atoms with E-state index in [0.717, 1.165) is 29.5 Å². The maximum absolute atomic E-state index is 10.4. The fourth-order valence-electron chi connectivity index (χ4n) is 2.28. The van der Waals surface area contributed by atoms with Crippen LogP contribution in [0, 0.1) is 0 Å². The Hall–Kier alpha value is -1.96. The lowest BCUT2D eigenvalue weighted by atomic mass is 9.95. The van der Waals surface area contributed by atoms with Crippen molar-refractivity contribution < 1.29 is 10.2 Å². The quantitative estimate of drug-likeness (QED) is 0.857. The molecule has 0 aliphatic carbocycles. The topological polar surface area (TPSA) is 40.5 Å². The van der Waals surface area contributed by atoms with Crippen LogP contribution in [0.1, 0.15) is 25.0 Å². The van der Waals surface area contributed by atoms with E-state index in [9.17, 15) is 10.2 Å². The van der Waals surface area contributed by atoms with Crippen LogP contribution in [0.25, 0.3) is 11.1 Å². The molecule has 0 radical (unpaired) electrons. The van der Waals surface area contributed by atoms with Crippen LogP contribution in [-0.4, -0.2) is 10.2 Å². The van der Waals surface area contributed by atoms with Crippen LogP contribution < -0.4 is 0 Å². The first-order valence-corrected chi connectivity index (χ1v) is 6.30. The van der Waals surface area contributed by atoms with E-state index in [-0.39, 0.29) is 5.75 Å². The van der Waals surface area contributed by atoms with Gasteiger partial charge in [0.25, 0.3) is 0 Å². The van der Waals surface area contributed by atoms with Crippen molar-refractivity contribution in [1.29, 1.82) is 0 Å². The monoisotopic (exact) mass is 242 g/mol. The molecule has 2 aromatic rings. The largest absolute Gasteiger partial charge is 0.508 e. The minimum absolute atomic E-state index is 0.235. The summed E-state index contributed by atoms with van der Waals surface area (Å²) in [5, 5.41) is 19.7. The van der Waals surface area contributed by atoms with Crippen molar-refractivity contribution in [2.75, 3.05) is 0 Å². The van der Waals surface area contributed by atoms with Gasteiger partial charge >= 0.3 is 0 Å². The fourth-order valence-corrected chi connectivity index (χ4v) is 2.28. The van der Waals surface area contributed by atoms with Crippen LogP contribution in [0.15, 0.2) is 36.4 Å². The Morgan fingerprint density at radius 1 is 0.833 bits per heavy atom. The van der Waals surface area contributed by atoms with Crippen molar-refractivity contribution in [1.82, 2.24) is 0 Å². The summed E-state index contributed by atoms with van der Waals surface area (Å²) in [5.41, 5.74) is 3.95. The maximum Gasteiger partial charge on any atom is 0.126 e. The number of phenols is 2. The SMILES string of the molecule is CCc1ccc(-c2ccc(O)cc2)c(O)c1CC. The standard InChI is InChI=1S/C16H18O2/c1-3-11-7-10-15(16(18)14(11)4-2)12-5-8-13(17)9-6-12/h5-10,17-18H,3-4H2,1-2H3. The van der Waals surface area contributed by atoms with Gasteiger partial charge in [-0.1, -0.05) is 38.1 Å². The van der Waals surface area contributed by atoms with E-state index in [4.69, 9.17) is 0 Å². The van der Waals surface area contributed by atoms with Gasteiger partial charge in [0, 0.05) is 5.56 Å². The highest BCUT2D eigenvalue weighted by atomic mass is 16.3. The highest BCUT2D eigenvalue weighted by molar-refractivity contribution is 5.73.